The van der Waals surface area contributed by atoms with Crippen molar-refractivity contribution in [2.24, 2.45) is 12.0 Å². The highest BCUT2D eigenvalue weighted by molar-refractivity contribution is 14.0. The molecular weight excluding hydrogens is 526 g/mol. The van der Waals surface area contributed by atoms with Gasteiger partial charge in [-0.15, -0.1) is 24.0 Å². The van der Waals surface area contributed by atoms with E-state index in [9.17, 15) is 9.18 Å². The number of aliphatic imine (C=N–C) groups is 1. The monoisotopic (exact) mass is 552 g/mol. The Hall–Kier alpha value is -2.96. The van der Waals surface area contributed by atoms with Crippen LogP contribution in [0, 0.1) is 5.82 Å². The van der Waals surface area contributed by atoms with Gasteiger partial charge in [-0.3, -0.25) is 14.5 Å². The molecule has 0 aliphatic carbocycles. The number of piperazine rings is 1. The number of carbonyl (C=O) groups excluding carboxylic acids is 1. The van der Waals surface area contributed by atoms with E-state index in [1.807, 2.05) is 30.4 Å². The Bertz CT molecular complexity index is 1080. The summed E-state index contributed by atoms with van der Waals surface area (Å²) in [6.45, 7) is 2.14. The van der Waals surface area contributed by atoms with Crippen molar-refractivity contribution in [3.63, 3.8) is 0 Å². The lowest BCUT2D eigenvalue weighted by molar-refractivity contribution is -0.120. The number of carbonyl (C=O) groups is 1. The molecule has 1 aromatic carbocycles. The molecule has 0 unspecified atom stereocenters. The third-order valence-corrected chi connectivity index (χ3v) is 5.13. The Morgan fingerprint density at radius 3 is 2.62 bits per heavy atom. The number of rotatable bonds is 5. The van der Waals surface area contributed by atoms with Crippen molar-refractivity contribution in [1.29, 1.82) is 0 Å². The molecule has 0 bridgehead atoms. The molecule has 3 aromatic rings. The fourth-order valence-electron chi connectivity index (χ4n) is 3.54. The molecule has 1 fully saturated rings. The zero-order valence-electron chi connectivity index (χ0n) is 18.0. The molecule has 11 heteroatoms. The minimum absolute atomic E-state index is 0. The van der Waals surface area contributed by atoms with Crippen molar-refractivity contribution in [3.05, 3.63) is 60.4 Å². The summed E-state index contributed by atoms with van der Waals surface area (Å²) in [4.78, 5) is 20.6. The number of hydrogen-bond acceptors (Lipinski definition) is 4. The van der Waals surface area contributed by atoms with Gasteiger partial charge in [0.15, 0.2) is 5.96 Å². The maximum absolute atomic E-state index is 13.1. The first kappa shape index (κ1) is 23.7. The van der Waals surface area contributed by atoms with E-state index < -0.39 is 0 Å². The van der Waals surface area contributed by atoms with Crippen LogP contribution in [0.1, 0.15) is 5.69 Å². The second-order valence-corrected chi connectivity index (χ2v) is 7.29. The molecule has 1 N–H and O–H groups in total. The largest absolute Gasteiger partial charge is 0.356 e. The van der Waals surface area contributed by atoms with Crippen molar-refractivity contribution in [2.45, 2.75) is 6.42 Å². The number of hydrogen-bond donors (Lipinski definition) is 1. The molecule has 32 heavy (non-hydrogen) atoms. The van der Waals surface area contributed by atoms with Crippen LogP contribution in [-0.2, 0) is 18.3 Å². The Kier molecular flexibility index (Phi) is 7.83. The molecule has 0 atom stereocenters. The Balaban J connectivity index is 0.00000289. The van der Waals surface area contributed by atoms with Gasteiger partial charge < -0.3 is 15.1 Å². The van der Waals surface area contributed by atoms with Gasteiger partial charge in [0.1, 0.15) is 12.4 Å². The maximum atomic E-state index is 13.1. The molecule has 0 saturated carbocycles. The topological polar surface area (TPSA) is 83.6 Å². The third-order valence-electron chi connectivity index (χ3n) is 5.13. The van der Waals surface area contributed by atoms with Crippen LogP contribution in [0.5, 0.6) is 0 Å². The number of aromatic nitrogens is 4. The van der Waals surface area contributed by atoms with Gasteiger partial charge in [-0.25, -0.2) is 9.07 Å². The lowest BCUT2D eigenvalue weighted by Gasteiger charge is -2.35. The standard InChI is InChI=1S/C21H25FN8O.HI/c1-23-21(28-11-12-29(20(31)15-28)19-13-25-27(2)14-19)24-9-7-17-8-10-30(26-17)18-5-3-16(22)4-6-18;/h3-6,8,10,13-14H,7,9,11-12,15H2,1-2H3,(H,23,24);1H. The van der Waals surface area contributed by atoms with E-state index in [0.717, 1.165) is 17.1 Å². The van der Waals surface area contributed by atoms with Crippen molar-refractivity contribution in [3.8, 4) is 5.69 Å². The molecule has 0 spiro atoms. The number of nitrogens with zero attached hydrogens (tertiary/aromatic N) is 7. The lowest BCUT2D eigenvalue weighted by Crippen LogP contribution is -2.55. The van der Waals surface area contributed by atoms with Gasteiger partial charge in [-0.1, -0.05) is 0 Å². The van der Waals surface area contributed by atoms with Crippen LogP contribution >= 0.6 is 24.0 Å². The molecule has 1 saturated heterocycles. The van der Waals surface area contributed by atoms with Gasteiger partial charge in [0.05, 0.1) is 23.3 Å². The predicted octanol–water partition coefficient (Wildman–Crippen LogP) is 1.83. The second-order valence-electron chi connectivity index (χ2n) is 7.29. The Morgan fingerprint density at radius 2 is 1.97 bits per heavy atom. The van der Waals surface area contributed by atoms with Crippen molar-refractivity contribution < 1.29 is 9.18 Å². The fourth-order valence-corrected chi connectivity index (χ4v) is 3.54. The molecule has 170 valence electrons. The summed E-state index contributed by atoms with van der Waals surface area (Å²) >= 11 is 0. The van der Waals surface area contributed by atoms with Gasteiger partial charge in [-0.2, -0.15) is 10.2 Å². The van der Waals surface area contributed by atoms with E-state index in [0.29, 0.717) is 32.0 Å². The molecule has 1 aliphatic heterocycles. The van der Waals surface area contributed by atoms with Crippen LogP contribution in [0.15, 0.2) is 53.9 Å². The summed E-state index contributed by atoms with van der Waals surface area (Å²) in [6.07, 6.45) is 6.09. The van der Waals surface area contributed by atoms with E-state index in [4.69, 9.17) is 0 Å². The quantitative estimate of drug-likeness (QED) is 0.297. The normalized spacial score (nSPS) is 14.5. The molecule has 3 heterocycles. The minimum atomic E-state index is -0.272. The van der Waals surface area contributed by atoms with Crippen LogP contribution in [0.2, 0.25) is 0 Å². The number of aryl methyl sites for hydroxylation is 1. The number of guanidine groups is 1. The van der Waals surface area contributed by atoms with Gasteiger partial charge in [0, 0.05) is 52.5 Å². The van der Waals surface area contributed by atoms with Crippen molar-refractivity contribution >= 4 is 41.5 Å². The lowest BCUT2D eigenvalue weighted by atomic mass is 10.3. The van der Waals surface area contributed by atoms with Crippen LogP contribution in [-0.4, -0.2) is 69.6 Å². The number of nitrogens with one attached hydrogen (secondary N) is 1. The van der Waals surface area contributed by atoms with E-state index in [1.54, 1.807) is 39.6 Å². The first-order chi connectivity index (χ1) is 15.0. The fraction of sp³-hybridized carbons (Fsp3) is 0.333. The average molecular weight is 552 g/mol. The van der Waals surface area contributed by atoms with Crippen molar-refractivity contribution in [2.75, 3.05) is 38.1 Å². The van der Waals surface area contributed by atoms with Crippen LogP contribution < -0.4 is 10.2 Å². The molecule has 4 rings (SSSR count). The SMILES string of the molecule is CN=C(NCCc1ccn(-c2ccc(F)cc2)n1)N1CCN(c2cnn(C)c2)C(=O)C1.I. The molecule has 2 aromatic heterocycles. The van der Waals surface area contributed by atoms with E-state index in [2.05, 4.69) is 20.5 Å². The number of anilines is 1. The zero-order chi connectivity index (χ0) is 21.8. The van der Waals surface area contributed by atoms with Gasteiger partial charge in [0.2, 0.25) is 5.91 Å². The summed E-state index contributed by atoms with van der Waals surface area (Å²) < 4.78 is 16.5. The number of amides is 1. The highest BCUT2D eigenvalue weighted by Crippen LogP contribution is 2.16. The van der Waals surface area contributed by atoms with E-state index >= 15 is 0 Å². The van der Waals surface area contributed by atoms with E-state index in [1.165, 1.54) is 12.1 Å². The highest BCUT2D eigenvalue weighted by atomic mass is 127. The van der Waals surface area contributed by atoms with Crippen LogP contribution in [0.3, 0.4) is 0 Å². The molecule has 1 amide bonds. The first-order valence-electron chi connectivity index (χ1n) is 10.1. The van der Waals surface area contributed by atoms with Gasteiger partial charge in [0.25, 0.3) is 0 Å². The summed E-state index contributed by atoms with van der Waals surface area (Å²) in [6, 6.07) is 8.14. The summed E-state index contributed by atoms with van der Waals surface area (Å²) in [7, 11) is 3.54. The Morgan fingerprint density at radius 1 is 1.19 bits per heavy atom. The smallest absolute Gasteiger partial charge is 0.246 e. The van der Waals surface area contributed by atoms with Gasteiger partial charge in [-0.05, 0) is 30.3 Å². The predicted molar refractivity (Wildman–Crippen MR) is 131 cm³/mol. The number of benzene rings is 1. The van der Waals surface area contributed by atoms with Crippen LogP contribution in [0.25, 0.3) is 5.69 Å². The minimum Gasteiger partial charge on any atom is -0.356 e. The molecule has 9 nitrogen and oxygen atoms in total. The molecule has 1 aliphatic rings. The maximum Gasteiger partial charge on any atom is 0.246 e. The average Bonchev–Trinajstić information content (AvgIpc) is 3.41. The summed E-state index contributed by atoms with van der Waals surface area (Å²) in [5.41, 5.74) is 2.53. The molecule has 0 radical (unpaired) electrons. The highest BCUT2D eigenvalue weighted by Gasteiger charge is 2.27. The van der Waals surface area contributed by atoms with Crippen LogP contribution in [0.4, 0.5) is 10.1 Å². The third kappa shape index (κ3) is 5.44. The Labute approximate surface area is 202 Å². The summed E-state index contributed by atoms with van der Waals surface area (Å²) in [5.74, 6) is 0.434. The summed E-state index contributed by atoms with van der Waals surface area (Å²) in [5, 5.41) is 12.0. The number of halogens is 2. The zero-order valence-corrected chi connectivity index (χ0v) is 20.3. The first-order valence-corrected chi connectivity index (χ1v) is 10.1. The van der Waals surface area contributed by atoms with Crippen molar-refractivity contribution in [1.82, 2.24) is 29.8 Å². The second kappa shape index (κ2) is 10.6. The van der Waals surface area contributed by atoms with Gasteiger partial charge >= 0.3 is 0 Å². The van der Waals surface area contributed by atoms with E-state index in [-0.39, 0.29) is 42.2 Å². The molecular formula is C21H26FIN8O.